The van der Waals surface area contributed by atoms with E-state index >= 15 is 0 Å². The first-order valence-electron chi connectivity index (χ1n) is 21.0. The first-order valence-corrected chi connectivity index (χ1v) is 21.0. The van der Waals surface area contributed by atoms with E-state index in [0.29, 0.717) is 12.4 Å². The van der Waals surface area contributed by atoms with Gasteiger partial charge in [0.2, 0.25) is 0 Å². The molecule has 4 saturated heterocycles. The van der Waals surface area contributed by atoms with Gasteiger partial charge in [0.15, 0.2) is 18.7 Å². The second-order valence-electron chi connectivity index (χ2n) is 18.3. The average molecular weight is 815 g/mol. The van der Waals surface area contributed by atoms with Crippen LogP contribution in [-0.2, 0) is 47.5 Å². The van der Waals surface area contributed by atoms with Crippen molar-refractivity contribution in [1.82, 2.24) is 4.90 Å². The van der Waals surface area contributed by atoms with Gasteiger partial charge in [-0.1, -0.05) is 27.7 Å². The van der Waals surface area contributed by atoms with Gasteiger partial charge >= 0.3 is 5.97 Å². The second-order valence-corrected chi connectivity index (χ2v) is 18.3. The number of aliphatic imine (C=N–C) groups is 1. The summed E-state index contributed by atoms with van der Waals surface area (Å²) in [5, 5.41) is 34.2. The fraction of sp³-hybridized carbons (Fsp3) is 0.929. The number of amidine groups is 1. The van der Waals surface area contributed by atoms with Crippen molar-refractivity contribution in [2.75, 3.05) is 21.3 Å². The molecule has 4 fully saturated rings. The molecule has 0 radical (unpaired) electrons. The number of carbonyl (C=O) groups excluding carboxylic acids is 2. The molecule has 18 atom stereocenters. The molecule has 0 spiro atoms. The molecule has 4 heterocycles. The van der Waals surface area contributed by atoms with Crippen LogP contribution in [0.1, 0.15) is 115 Å². The third-order valence-corrected chi connectivity index (χ3v) is 13.2. The summed E-state index contributed by atoms with van der Waals surface area (Å²) in [5.41, 5.74) is -4.09. The van der Waals surface area contributed by atoms with Gasteiger partial charge in [-0.25, -0.2) is 4.99 Å². The van der Waals surface area contributed by atoms with Crippen LogP contribution in [0.3, 0.4) is 0 Å². The Morgan fingerprint density at radius 1 is 0.912 bits per heavy atom. The lowest BCUT2D eigenvalue weighted by atomic mass is 9.76. The summed E-state index contributed by atoms with van der Waals surface area (Å²) in [5.74, 6) is -3.71. The highest BCUT2D eigenvalue weighted by molar-refractivity contribution is 5.81. The fourth-order valence-corrected chi connectivity index (χ4v) is 9.37. The van der Waals surface area contributed by atoms with Crippen LogP contribution in [0.4, 0.5) is 0 Å². The molecule has 330 valence electrons. The van der Waals surface area contributed by atoms with Gasteiger partial charge in [0.05, 0.1) is 53.7 Å². The minimum Gasteiger partial charge on any atom is -0.459 e. The Morgan fingerprint density at radius 3 is 2.12 bits per heavy atom. The van der Waals surface area contributed by atoms with Crippen molar-refractivity contribution in [1.29, 1.82) is 0 Å². The highest BCUT2D eigenvalue weighted by Gasteiger charge is 2.55. The maximum absolute atomic E-state index is 14.4. The van der Waals surface area contributed by atoms with E-state index < -0.39 is 102 Å². The molecule has 57 heavy (non-hydrogen) atoms. The van der Waals surface area contributed by atoms with Crippen LogP contribution in [0.15, 0.2) is 4.99 Å². The van der Waals surface area contributed by atoms with Gasteiger partial charge in [-0.15, -0.1) is 0 Å². The lowest BCUT2D eigenvalue weighted by Gasteiger charge is -2.49. The lowest BCUT2D eigenvalue weighted by Crippen LogP contribution is -2.60. The molecule has 15 heteroatoms. The van der Waals surface area contributed by atoms with Crippen LogP contribution in [0, 0.1) is 23.7 Å². The molecule has 4 aliphatic rings. The summed E-state index contributed by atoms with van der Waals surface area (Å²) < 4.78 is 51.5. The first kappa shape index (κ1) is 47.7. The van der Waals surface area contributed by atoms with Gasteiger partial charge < -0.3 is 58.1 Å². The van der Waals surface area contributed by atoms with Crippen LogP contribution in [0.25, 0.3) is 0 Å². The topological polar surface area (TPSA) is 184 Å². The van der Waals surface area contributed by atoms with Gasteiger partial charge in [0.1, 0.15) is 23.6 Å². The summed E-state index contributed by atoms with van der Waals surface area (Å²) in [6, 6.07) is 0.382. The molecule has 0 aromatic rings. The molecular weight excluding hydrogens is 740 g/mol. The predicted molar refractivity (Wildman–Crippen MR) is 211 cm³/mol. The van der Waals surface area contributed by atoms with Crippen molar-refractivity contribution in [2.45, 2.75) is 205 Å². The van der Waals surface area contributed by atoms with Crippen LogP contribution < -0.4 is 0 Å². The molecule has 0 aliphatic carbocycles. The Labute approximate surface area is 340 Å². The molecule has 4 aliphatic heterocycles. The number of methoxy groups -OCH3 is 2. The number of esters is 1. The molecule has 0 aromatic carbocycles. The van der Waals surface area contributed by atoms with Crippen molar-refractivity contribution in [3.8, 4) is 0 Å². The highest BCUT2D eigenvalue weighted by atomic mass is 16.7. The fourth-order valence-electron chi connectivity index (χ4n) is 9.37. The number of hydrogen-bond donors (Lipinski definition) is 3. The Balaban J connectivity index is 1.87. The number of Topliss-reactive ketones (excluding diaryl/α,β-unsaturated/α-hetero) is 1. The van der Waals surface area contributed by atoms with E-state index in [2.05, 4.69) is 0 Å². The molecule has 0 amide bonds. The number of ketones is 1. The van der Waals surface area contributed by atoms with Gasteiger partial charge in [-0.2, -0.15) is 0 Å². The van der Waals surface area contributed by atoms with E-state index in [1.165, 1.54) is 14.0 Å². The van der Waals surface area contributed by atoms with Gasteiger partial charge in [0.25, 0.3) is 6.02 Å². The number of hydrogen-bond acceptors (Lipinski definition) is 14. The molecule has 0 bridgehead atoms. The number of likely N-dealkylation sites (N-methyl/N-ethyl adjacent to an activating group) is 1. The zero-order chi connectivity index (χ0) is 42.9. The molecule has 0 saturated carbocycles. The summed E-state index contributed by atoms with van der Waals surface area (Å²) in [6.07, 6.45) is -7.45. The largest absolute Gasteiger partial charge is 0.459 e. The number of cyclic esters (lactones) is 1. The Hall–Kier alpha value is -1.95. The van der Waals surface area contributed by atoms with Crippen molar-refractivity contribution in [3.63, 3.8) is 0 Å². The molecule has 15 nitrogen and oxygen atoms in total. The standard InChI is InChI=1S/C42H74N2O13/c1-16-30-42(12,49)34(46)22(4)17-29(45)23(5)19-41(11,51-15)36(57-38-33-28(18-24(6)52-38)44(13)39(56-33)43-21(2)3)25(7)32(26(8)37(48)54-30)55-31-20-40(10,50-14)35(47)27(9)53-31/h21-28,30-36,38,46-47,49H,16-20H2,1-15H3/t22-,23+,24+,25-,26+,27-,28-,30+,31-,32-,33+,34+,35-,36+,38-,40+,41+,42+/m0/s1. The predicted octanol–water partition coefficient (Wildman–Crippen LogP) is 4.00. The molecule has 0 aromatic heterocycles. The second kappa shape index (κ2) is 18.8. The number of aliphatic hydroxyl groups is 3. The van der Waals surface area contributed by atoms with Gasteiger partial charge in [-0.05, 0) is 80.6 Å². The van der Waals surface area contributed by atoms with Crippen LogP contribution >= 0.6 is 0 Å². The van der Waals surface area contributed by atoms with Crippen molar-refractivity contribution in [3.05, 3.63) is 0 Å². The average Bonchev–Trinajstić information content (AvgIpc) is 3.45. The van der Waals surface area contributed by atoms with Crippen molar-refractivity contribution < 1.29 is 62.8 Å². The van der Waals surface area contributed by atoms with Crippen molar-refractivity contribution >= 4 is 17.8 Å². The van der Waals surface area contributed by atoms with Crippen LogP contribution in [-0.4, -0.2) is 150 Å². The maximum Gasteiger partial charge on any atom is 0.311 e. The molecule has 3 N–H and O–H groups in total. The van der Waals surface area contributed by atoms with E-state index in [1.54, 1.807) is 41.7 Å². The number of carbonyl (C=O) groups is 2. The van der Waals surface area contributed by atoms with E-state index in [4.69, 9.17) is 42.9 Å². The first-order chi connectivity index (χ1) is 26.4. The highest BCUT2D eigenvalue weighted by Crippen LogP contribution is 2.42. The SMILES string of the molecule is CC[C@H]1OC(=O)[C@H](C)[C@@H](O[C@H]2C[C@@](C)(OC)[C@@H](O)[C@H](C)O2)[C@H](C)[C@@H](O[C@@H]2O[C@H](C)C[C@H]3[C@H]2OC(=NC(C)C)N3C)[C@](C)(OC)C[C@@H](C)C(=O)C[C@H](C)[C@@H](O)[C@]1(C)O. The van der Waals surface area contributed by atoms with E-state index in [1.807, 2.05) is 53.5 Å². The number of rotatable bonds is 8. The molecule has 4 rings (SSSR count). The minimum atomic E-state index is -1.88. The zero-order valence-corrected chi connectivity index (χ0v) is 37.1. The number of fused-ring (bicyclic) bond motifs is 1. The number of aliphatic hydroxyl groups excluding tert-OH is 2. The minimum absolute atomic E-state index is 0.00952. The molecule has 0 unspecified atom stereocenters. The van der Waals surface area contributed by atoms with E-state index in [0.717, 1.165) is 0 Å². The quantitative estimate of drug-likeness (QED) is 0.299. The number of ether oxygens (including phenoxy) is 8. The molecular formula is C42H74N2O13. The third-order valence-electron chi connectivity index (χ3n) is 13.2. The van der Waals surface area contributed by atoms with Gasteiger partial charge in [-0.3, -0.25) is 9.59 Å². The van der Waals surface area contributed by atoms with Crippen molar-refractivity contribution in [2.24, 2.45) is 28.7 Å². The maximum atomic E-state index is 14.4. The summed E-state index contributed by atoms with van der Waals surface area (Å²) in [6.45, 7) is 21.6. The van der Waals surface area contributed by atoms with Crippen LogP contribution in [0.5, 0.6) is 0 Å². The number of nitrogens with zero attached hydrogens (tertiary/aromatic N) is 2. The Kier molecular flexibility index (Phi) is 15.7. The normalized spacial score (nSPS) is 47.6. The van der Waals surface area contributed by atoms with E-state index in [9.17, 15) is 24.9 Å². The monoisotopic (exact) mass is 815 g/mol. The Bertz CT molecular complexity index is 1400. The Morgan fingerprint density at radius 2 is 1.54 bits per heavy atom. The van der Waals surface area contributed by atoms with Gasteiger partial charge in [0, 0.05) is 52.0 Å². The summed E-state index contributed by atoms with van der Waals surface area (Å²) >= 11 is 0. The van der Waals surface area contributed by atoms with E-state index in [-0.39, 0.29) is 49.7 Å². The smallest absolute Gasteiger partial charge is 0.311 e. The third kappa shape index (κ3) is 10.2. The van der Waals surface area contributed by atoms with Crippen LogP contribution in [0.2, 0.25) is 0 Å². The zero-order valence-electron chi connectivity index (χ0n) is 37.1. The summed E-state index contributed by atoms with van der Waals surface area (Å²) in [7, 11) is 5.03. The lowest BCUT2D eigenvalue weighted by molar-refractivity contribution is -0.315. The summed E-state index contributed by atoms with van der Waals surface area (Å²) in [4.78, 5) is 35.1.